The highest BCUT2D eigenvalue weighted by Crippen LogP contribution is 2.34. The van der Waals surface area contributed by atoms with Crippen LogP contribution in [0.3, 0.4) is 0 Å². The molecule has 104 valence electrons. The lowest BCUT2D eigenvalue weighted by Gasteiger charge is -2.19. The molecule has 1 heterocycles. The topological polar surface area (TPSA) is 38.0 Å². The molecule has 0 fully saturated rings. The lowest BCUT2D eigenvalue weighted by atomic mass is 9.86. The minimum atomic E-state index is -0.0532. The Balaban J connectivity index is 3.14. The van der Waals surface area contributed by atoms with Crippen molar-refractivity contribution in [3.63, 3.8) is 0 Å². The van der Waals surface area contributed by atoms with Gasteiger partial charge in [-0.15, -0.1) is 0 Å². The fourth-order valence-corrected chi connectivity index (χ4v) is 2.26. The lowest BCUT2D eigenvalue weighted by molar-refractivity contribution is 0.361. The molecular weight excluding hydrogens is 224 g/mol. The third-order valence-corrected chi connectivity index (χ3v) is 3.05. The summed E-state index contributed by atoms with van der Waals surface area (Å²) in [4.78, 5) is 0. The van der Waals surface area contributed by atoms with Crippen molar-refractivity contribution in [3.8, 4) is 5.88 Å². The van der Waals surface area contributed by atoms with Gasteiger partial charge in [0.25, 0.3) is 0 Å². The molecule has 0 aliphatic heterocycles. The van der Waals surface area contributed by atoms with Crippen LogP contribution in [0.25, 0.3) is 0 Å². The third-order valence-electron chi connectivity index (χ3n) is 3.05. The van der Waals surface area contributed by atoms with Gasteiger partial charge in [-0.1, -0.05) is 48.0 Å². The Labute approximate surface area is 111 Å². The van der Waals surface area contributed by atoms with Crippen LogP contribution in [0.5, 0.6) is 5.88 Å². The number of aryl methyl sites for hydroxylation is 1. The molecule has 1 aromatic rings. The molecule has 18 heavy (non-hydrogen) atoms. The molecule has 0 saturated carbocycles. The Morgan fingerprint density at radius 3 is 2.33 bits per heavy atom. The van der Waals surface area contributed by atoms with Crippen LogP contribution in [0.2, 0.25) is 0 Å². The van der Waals surface area contributed by atoms with Crippen molar-refractivity contribution in [2.75, 3.05) is 0 Å². The summed E-state index contributed by atoms with van der Waals surface area (Å²) in [7, 11) is 0. The Kier molecular flexibility index (Phi) is 4.83. The third kappa shape index (κ3) is 3.50. The molecule has 0 spiro atoms. The summed E-state index contributed by atoms with van der Waals surface area (Å²) in [6.45, 7) is 13.7. The quantitative estimate of drug-likeness (QED) is 0.863. The van der Waals surface area contributed by atoms with Gasteiger partial charge in [0.1, 0.15) is 0 Å². The van der Waals surface area contributed by atoms with Gasteiger partial charge in [-0.2, -0.15) is 5.10 Å². The van der Waals surface area contributed by atoms with Crippen molar-refractivity contribution in [3.05, 3.63) is 11.3 Å². The van der Waals surface area contributed by atoms with E-state index in [1.165, 1.54) is 0 Å². The van der Waals surface area contributed by atoms with Crippen LogP contribution in [0.15, 0.2) is 0 Å². The van der Waals surface area contributed by atoms with Crippen molar-refractivity contribution in [2.45, 2.75) is 72.8 Å². The molecule has 0 amide bonds. The van der Waals surface area contributed by atoms with E-state index in [1.807, 2.05) is 0 Å². The van der Waals surface area contributed by atoms with Crippen LogP contribution < -0.4 is 0 Å². The van der Waals surface area contributed by atoms with Crippen LogP contribution in [-0.2, 0) is 18.4 Å². The first-order chi connectivity index (χ1) is 8.27. The summed E-state index contributed by atoms with van der Waals surface area (Å²) in [5, 5.41) is 15.0. The molecule has 0 aliphatic carbocycles. The first-order valence-corrected chi connectivity index (χ1v) is 7.06. The maximum atomic E-state index is 10.4. The Morgan fingerprint density at radius 2 is 1.89 bits per heavy atom. The number of aromatic hydroxyl groups is 1. The highest BCUT2D eigenvalue weighted by Gasteiger charge is 2.27. The molecule has 0 radical (unpaired) electrons. The number of hydrogen-bond donors (Lipinski definition) is 1. The predicted octanol–water partition coefficient (Wildman–Crippen LogP) is 3.88. The van der Waals surface area contributed by atoms with Gasteiger partial charge in [-0.05, 0) is 24.2 Å². The van der Waals surface area contributed by atoms with E-state index in [2.05, 4.69) is 46.6 Å². The zero-order chi connectivity index (χ0) is 13.9. The average Bonchev–Trinajstić information content (AvgIpc) is 2.51. The Hall–Kier alpha value is -0.990. The SMILES string of the molecule is CCCCc1nn(CC(C)C)c(O)c1C(C)(C)C. The molecule has 0 saturated heterocycles. The van der Waals surface area contributed by atoms with E-state index in [0.29, 0.717) is 11.8 Å². The molecule has 1 rings (SSSR count). The van der Waals surface area contributed by atoms with Gasteiger partial charge in [-0.25, -0.2) is 4.68 Å². The van der Waals surface area contributed by atoms with E-state index in [0.717, 1.165) is 37.1 Å². The van der Waals surface area contributed by atoms with Gasteiger partial charge in [0.15, 0.2) is 0 Å². The van der Waals surface area contributed by atoms with Crippen molar-refractivity contribution in [2.24, 2.45) is 5.92 Å². The summed E-state index contributed by atoms with van der Waals surface area (Å²) in [6.07, 6.45) is 3.24. The predicted molar refractivity (Wildman–Crippen MR) is 76.0 cm³/mol. The van der Waals surface area contributed by atoms with E-state index in [9.17, 15) is 5.11 Å². The molecular formula is C15H28N2O. The summed E-state index contributed by atoms with van der Waals surface area (Å²) in [5.41, 5.74) is 2.04. The standard InChI is InChI=1S/C15H28N2O/c1-7-8-9-12-13(15(4,5)6)14(18)17(16-12)10-11(2)3/h11,18H,7-10H2,1-6H3. The van der Waals surface area contributed by atoms with E-state index in [4.69, 9.17) is 0 Å². The lowest BCUT2D eigenvalue weighted by Crippen LogP contribution is -2.13. The highest BCUT2D eigenvalue weighted by molar-refractivity contribution is 5.37. The number of nitrogens with zero attached hydrogens (tertiary/aromatic N) is 2. The van der Waals surface area contributed by atoms with Crippen LogP contribution in [0.4, 0.5) is 0 Å². The molecule has 0 aromatic carbocycles. The van der Waals surface area contributed by atoms with Crippen LogP contribution in [-0.4, -0.2) is 14.9 Å². The normalized spacial score (nSPS) is 12.4. The fraction of sp³-hybridized carbons (Fsp3) is 0.800. The maximum Gasteiger partial charge on any atom is 0.213 e. The van der Waals surface area contributed by atoms with Crippen LogP contribution in [0, 0.1) is 5.92 Å². The van der Waals surface area contributed by atoms with Gasteiger partial charge in [0, 0.05) is 12.1 Å². The van der Waals surface area contributed by atoms with Gasteiger partial charge in [0.05, 0.1) is 5.69 Å². The van der Waals surface area contributed by atoms with E-state index < -0.39 is 0 Å². The molecule has 3 heteroatoms. The van der Waals surface area contributed by atoms with Gasteiger partial charge in [0.2, 0.25) is 5.88 Å². The first kappa shape index (κ1) is 15.1. The molecule has 0 atom stereocenters. The minimum absolute atomic E-state index is 0.0532. The number of hydrogen-bond acceptors (Lipinski definition) is 2. The number of rotatable bonds is 5. The fourth-order valence-electron chi connectivity index (χ4n) is 2.26. The van der Waals surface area contributed by atoms with Crippen LogP contribution in [0.1, 0.15) is 65.6 Å². The van der Waals surface area contributed by atoms with Crippen molar-refractivity contribution in [1.82, 2.24) is 9.78 Å². The van der Waals surface area contributed by atoms with Gasteiger partial charge >= 0.3 is 0 Å². The highest BCUT2D eigenvalue weighted by atomic mass is 16.3. The molecule has 0 bridgehead atoms. The first-order valence-electron chi connectivity index (χ1n) is 7.06. The number of unbranched alkanes of at least 4 members (excludes halogenated alkanes) is 1. The molecule has 0 unspecified atom stereocenters. The molecule has 1 aromatic heterocycles. The zero-order valence-corrected chi connectivity index (χ0v) is 12.7. The number of aromatic nitrogens is 2. The summed E-state index contributed by atoms with van der Waals surface area (Å²) < 4.78 is 1.77. The minimum Gasteiger partial charge on any atom is -0.493 e. The van der Waals surface area contributed by atoms with Crippen molar-refractivity contribution >= 4 is 0 Å². The second-order valence-corrected chi connectivity index (χ2v) is 6.57. The van der Waals surface area contributed by atoms with Crippen LogP contribution >= 0.6 is 0 Å². The summed E-state index contributed by atoms with van der Waals surface area (Å²) in [5.74, 6) is 0.852. The van der Waals surface area contributed by atoms with E-state index in [1.54, 1.807) is 4.68 Å². The Morgan fingerprint density at radius 1 is 1.28 bits per heavy atom. The maximum absolute atomic E-state index is 10.4. The molecule has 3 nitrogen and oxygen atoms in total. The summed E-state index contributed by atoms with van der Waals surface area (Å²) in [6, 6.07) is 0. The van der Waals surface area contributed by atoms with E-state index >= 15 is 0 Å². The van der Waals surface area contributed by atoms with Crippen molar-refractivity contribution < 1.29 is 5.11 Å². The second kappa shape index (κ2) is 5.77. The van der Waals surface area contributed by atoms with Gasteiger partial charge in [-0.3, -0.25) is 0 Å². The average molecular weight is 252 g/mol. The second-order valence-electron chi connectivity index (χ2n) is 6.57. The molecule has 0 aliphatic rings. The molecule has 1 N–H and O–H groups in total. The van der Waals surface area contributed by atoms with E-state index in [-0.39, 0.29) is 5.41 Å². The van der Waals surface area contributed by atoms with Crippen molar-refractivity contribution in [1.29, 1.82) is 0 Å². The zero-order valence-electron chi connectivity index (χ0n) is 12.7. The monoisotopic (exact) mass is 252 g/mol. The smallest absolute Gasteiger partial charge is 0.213 e. The summed E-state index contributed by atoms with van der Waals surface area (Å²) >= 11 is 0. The Bertz CT molecular complexity index is 386. The van der Waals surface area contributed by atoms with Gasteiger partial charge < -0.3 is 5.11 Å². The largest absolute Gasteiger partial charge is 0.493 e.